The molecule has 0 N–H and O–H groups in total. The van der Waals surface area contributed by atoms with Gasteiger partial charge in [-0.2, -0.15) is 0 Å². The number of benzene rings is 1. The molecule has 1 aliphatic heterocycles. The van der Waals surface area contributed by atoms with Crippen molar-refractivity contribution in [3.8, 4) is 0 Å². The van der Waals surface area contributed by atoms with Gasteiger partial charge in [-0.3, -0.25) is 0 Å². The molecule has 1 aromatic rings. The van der Waals surface area contributed by atoms with Crippen LogP contribution in [0.5, 0.6) is 0 Å². The number of nitrogens with zero attached hydrogens (tertiary/aromatic N) is 1. The SMILES string of the molecule is CCOC1OCN(c2cccc(Cl)c2)CC1(C)C. The zero-order valence-electron chi connectivity index (χ0n) is 11.1. The molecule has 1 aromatic carbocycles. The van der Waals surface area contributed by atoms with Crippen LogP contribution in [0.15, 0.2) is 24.3 Å². The normalized spacial score (nSPS) is 23.1. The number of hydrogen-bond acceptors (Lipinski definition) is 3. The van der Waals surface area contributed by atoms with E-state index in [2.05, 4.69) is 18.7 Å². The summed E-state index contributed by atoms with van der Waals surface area (Å²) in [5.41, 5.74) is 1.04. The first-order chi connectivity index (χ1) is 8.53. The van der Waals surface area contributed by atoms with Crippen LogP contribution in [0.1, 0.15) is 20.8 Å². The predicted molar refractivity (Wildman–Crippen MR) is 73.9 cm³/mol. The van der Waals surface area contributed by atoms with E-state index in [1.807, 2.05) is 31.2 Å². The van der Waals surface area contributed by atoms with Crippen LogP contribution in [0.2, 0.25) is 5.02 Å². The smallest absolute Gasteiger partial charge is 0.166 e. The number of hydrogen-bond donors (Lipinski definition) is 0. The van der Waals surface area contributed by atoms with E-state index < -0.39 is 0 Å². The van der Waals surface area contributed by atoms with Crippen molar-refractivity contribution in [1.29, 1.82) is 0 Å². The fourth-order valence-electron chi connectivity index (χ4n) is 2.26. The second-order valence-electron chi connectivity index (χ2n) is 5.25. The van der Waals surface area contributed by atoms with Crippen molar-refractivity contribution in [2.24, 2.45) is 5.41 Å². The fraction of sp³-hybridized carbons (Fsp3) is 0.571. The quantitative estimate of drug-likeness (QED) is 0.838. The largest absolute Gasteiger partial charge is 0.352 e. The van der Waals surface area contributed by atoms with Crippen molar-refractivity contribution in [3.63, 3.8) is 0 Å². The monoisotopic (exact) mass is 269 g/mol. The Bertz CT molecular complexity index is 409. The van der Waals surface area contributed by atoms with Gasteiger partial charge in [-0.05, 0) is 25.1 Å². The van der Waals surface area contributed by atoms with Crippen LogP contribution in [0.25, 0.3) is 0 Å². The van der Waals surface area contributed by atoms with Crippen molar-refractivity contribution < 1.29 is 9.47 Å². The Morgan fingerprint density at radius 3 is 2.89 bits per heavy atom. The lowest BCUT2D eigenvalue weighted by Crippen LogP contribution is -2.51. The summed E-state index contributed by atoms with van der Waals surface area (Å²) in [6.07, 6.45) is -0.141. The Balaban J connectivity index is 2.11. The van der Waals surface area contributed by atoms with Gasteiger partial charge in [-0.25, -0.2) is 0 Å². The van der Waals surface area contributed by atoms with Crippen LogP contribution < -0.4 is 4.90 Å². The van der Waals surface area contributed by atoms with Gasteiger partial charge in [0.15, 0.2) is 6.29 Å². The second-order valence-corrected chi connectivity index (χ2v) is 5.69. The molecule has 0 aromatic heterocycles. The third-order valence-electron chi connectivity index (χ3n) is 3.11. The van der Waals surface area contributed by atoms with Crippen molar-refractivity contribution >= 4 is 17.3 Å². The lowest BCUT2D eigenvalue weighted by atomic mass is 9.90. The maximum absolute atomic E-state index is 6.02. The molecular formula is C14H20ClNO2. The lowest BCUT2D eigenvalue weighted by molar-refractivity contribution is -0.211. The van der Waals surface area contributed by atoms with Crippen LogP contribution in [0, 0.1) is 5.41 Å². The number of halogens is 1. The van der Waals surface area contributed by atoms with Gasteiger partial charge < -0.3 is 14.4 Å². The van der Waals surface area contributed by atoms with Gasteiger partial charge in [-0.15, -0.1) is 0 Å². The van der Waals surface area contributed by atoms with Crippen LogP contribution in [0.3, 0.4) is 0 Å². The van der Waals surface area contributed by atoms with Crippen molar-refractivity contribution in [3.05, 3.63) is 29.3 Å². The van der Waals surface area contributed by atoms with Crippen molar-refractivity contribution in [2.75, 3.05) is 24.8 Å². The zero-order chi connectivity index (χ0) is 13.2. The first kappa shape index (κ1) is 13.7. The average molecular weight is 270 g/mol. The molecule has 1 aliphatic rings. The molecule has 1 saturated heterocycles. The molecule has 0 spiro atoms. The molecule has 100 valence electrons. The molecule has 0 saturated carbocycles. The van der Waals surface area contributed by atoms with E-state index in [4.69, 9.17) is 21.1 Å². The van der Waals surface area contributed by atoms with E-state index in [9.17, 15) is 0 Å². The summed E-state index contributed by atoms with van der Waals surface area (Å²) in [6.45, 7) is 8.40. The van der Waals surface area contributed by atoms with Crippen LogP contribution >= 0.6 is 11.6 Å². The second kappa shape index (κ2) is 5.47. The molecule has 2 rings (SSSR count). The summed E-state index contributed by atoms with van der Waals surface area (Å²) in [5.74, 6) is 0. The third-order valence-corrected chi connectivity index (χ3v) is 3.34. The standard InChI is InChI=1S/C14H20ClNO2/c1-4-17-13-14(2,3)9-16(10-18-13)12-7-5-6-11(15)8-12/h5-8,13H,4,9-10H2,1-3H3. The summed E-state index contributed by atoms with van der Waals surface area (Å²) < 4.78 is 11.4. The maximum atomic E-state index is 6.02. The van der Waals surface area contributed by atoms with Crippen LogP contribution in [0.4, 0.5) is 5.69 Å². The molecule has 0 radical (unpaired) electrons. The Labute approximate surface area is 114 Å². The molecule has 1 heterocycles. The minimum absolute atomic E-state index is 0.0451. The summed E-state index contributed by atoms with van der Waals surface area (Å²) in [6, 6.07) is 7.84. The van der Waals surface area contributed by atoms with E-state index in [-0.39, 0.29) is 11.7 Å². The topological polar surface area (TPSA) is 21.7 Å². The molecule has 0 aliphatic carbocycles. The summed E-state index contributed by atoms with van der Waals surface area (Å²) >= 11 is 6.02. The molecule has 1 fully saturated rings. The van der Waals surface area contributed by atoms with Gasteiger partial charge >= 0.3 is 0 Å². The highest BCUT2D eigenvalue weighted by molar-refractivity contribution is 6.30. The van der Waals surface area contributed by atoms with Gasteiger partial charge in [0, 0.05) is 29.3 Å². The Hall–Kier alpha value is -0.770. The number of ether oxygens (including phenoxy) is 2. The number of rotatable bonds is 3. The van der Waals surface area contributed by atoms with E-state index in [1.165, 1.54) is 0 Å². The predicted octanol–water partition coefficient (Wildman–Crippen LogP) is 3.52. The highest BCUT2D eigenvalue weighted by atomic mass is 35.5. The van der Waals surface area contributed by atoms with E-state index in [1.54, 1.807) is 0 Å². The molecule has 4 heteroatoms. The average Bonchev–Trinajstić information content (AvgIpc) is 2.31. The van der Waals surface area contributed by atoms with Gasteiger partial charge in [0.1, 0.15) is 6.73 Å². The maximum Gasteiger partial charge on any atom is 0.166 e. The van der Waals surface area contributed by atoms with Gasteiger partial charge in [0.25, 0.3) is 0 Å². The highest BCUT2D eigenvalue weighted by Gasteiger charge is 2.37. The summed E-state index contributed by atoms with van der Waals surface area (Å²) in [4.78, 5) is 2.18. The van der Waals surface area contributed by atoms with Crippen molar-refractivity contribution in [1.82, 2.24) is 0 Å². The first-order valence-corrected chi connectivity index (χ1v) is 6.64. The van der Waals surface area contributed by atoms with Gasteiger partial charge in [0.2, 0.25) is 0 Å². The number of anilines is 1. The van der Waals surface area contributed by atoms with Gasteiger partial charge in [-0.1, -0.05) is 31.5 Å². The first-order valence-electron chi connectivity index (χ1n) is 6.26. The van der Waals surface area contributed by atoms with Gasteiger partial charge in [0.05, 0.1) is 0 Å². The molecule has 1 atom stereocenters. The minimum atomic E-state index is -0.141. The Morgan fingerprint density at radius 2 is 2.28 bits per heavy atom. The third kappa shape index (κ3) is 2.97. The lowest BCUT2D eigenvalue weighted by Gasteiger charge is -2.44. The van der Waals surface area contributed by atoms with E-state index >= 15 is 0 Å². The molecule has 18 heavy (non-hydrogen) atoms. The minimum Gasteiger partial charge on any atom is -0.352 e. The summed E-state index contributed by atoms with van der Waals surface area (Å²) in [5, 5.41) is 0.747. The molecule has 1 unspecified atom stereocenters. The molecule has 3 nitrogen and oxygen atoms in total. The molecular weight excluding hydrogens is 250 g/mol. The fourth-order valence-corrected chi connectivity index (χ4v) is 2.44. The van der Waals surface area contributed by atoms with Crippen molar-refractivity contribution in [2.45, 2.75) is 27.1 Å². The van der Waals surface area contributed by atoms with Crippen LogP contribution in [-0.2, 0) is 9.47 Å². The van der Waals surface area contributed by atoms with E-state index in [0.717, 1.165) is 17.3 Å². The molecule has 0 amide bonds. The Morgan fingerprint density at radius 1 is 1.50 bits per heavy atom. The Kier molecular flexibility index (Phi) is 4.15. The zero-order valence-corrected chi connectivity index (χ0v) is 11.9. The molecule has 0 bridgehead atoms. The van der Waals surface area contributed by atoms with E-state index in [0.29, 0.717) is 13.3 Å². The van der Waals surface area contributed by atoms with Crippen LogP contribution in [-0.4, -0.2) is 26.2 Å². The summed E-state index contributed by atoms with van der Waals surface area (Å²) in [7, 11) is 0. The highest BCUT2D eigenvalue weighted by Crippen LogP contribution is 2.33.